The largest absolute Gasteiger partial charge is 0.369 e. The second-order valence-electron chi connectivity index (χ2n) is 7.33. The molecule has 1 saturated heterocycles. The summed E-state index contributed by atoms with van der Waals surface area (Å²) in [5, 5.41) is 0. The van der Waals surface area contributed by atoms with Crippen LogP contribution in [-0.4, -0.2) is 43.7 Å². The Morgan fingerprint density at radius 1 is 1.09 bits per heavy atom. The van der Waals surface area contributed by atoms with Crippen LogP contribution >= 0.6 is 0 Å². The summed E-state index contributed by atoms with van der Waals surface area (Å²) in [6.07, 6.45) is 6.34. The van der Waals surface area contributed by atoms with Gasteiger partial charge in [0.25, 0.3) is 0 Å². The van der Waals surface area contributed by atoms with Gasteiger partial charge >= 0.3 is 0 Å². The van der Waals surface area contributed by atoms with Crippen molar-refractivity contribution in [3.63, 3.8) is 0 Å². The molecule has 0 radical (unpaired) electrons. The van der Waals surface area contributed by atoms with Crippen LogP contribution in [0.3, 0.4) is 0 Å². The SMILES string of the molecule is Cc1ccc(N2CCN(CCC3CCC(N)CC3)CC2)cc1F. The van der Waals surface area contributed by atoms with Gasteiger partial charge in [-0.2, -0.15) is 0 Å². The van der Waals surface area contributed by atoms with E-state index in [-0.39, 0.29) is 5.82 Å². The maximum atomic E-state index is 13.7. The second-order valence-corrected chi connectivity index (χ2v) is 7.33. The lowest BCUT2D eigenvalue weighted by atomic mass is 9.84. The fourth-order valence-electron chi connectivity index (χ4n) is 3.85. The molecule has 0 aromatic heterocycles. The summed E-state index contributed by atoms with van der Waals surface area (Å²) in [5.41, 5.74) is 7.73. The Kier molecular flexibility index (Phi) is 5.54. The molecule has 1 saturated carbocycles. The van der Waals surface area contributed by atoms with Gasteiger partial charge in [-0.05, 0) is 69.2 Å². The van der Waals surface area contributed by atoms with Crippen LogP contribution in [0.5, 0.6) is 0 Å². The molecule has 1 aromatic carbocycles. The highest BCUT2D eigenvalue weighted by Gasteiger charge is 2.21. The standard InChI is InChI=1S/C19H30FN3/c1-15-2-7-18(14-19(15)20)23-12-10-22(11-13-23)9-8-16-3-5-17(21)6-4-16/h2,7,14,16-17H,3-6,8-13,21H2,1H3. The van der Waals surface area contributed by atoms with Gasteiger partial charge in [-0.1, -0.05) is 6.07 Å². The maximum Gasteiger partial charge on any atom is 0.128 e. The van der Waals surface area contributed by atoms with E-state index in [1.54, 1.807) is 6.07 Å². The van der Waals surface area contributed by atoms with Gasteiger partial charge in [0, 0.05) is 37.9 Å². The molecule has 2 fully saturated rings. The topological polar surface area (TPSA) is 32.5 Å². The van der Waals surface area contributed by atoms with Crippen LogP contribution in [0, 0.1) is 18.7 Å². The van der Waals surface area contributed by atoms with E-state index in [9.17, 15) is 4.39 Å². The molecule has 1 aromatic rings. The second kappa shape index (κ2) is 7.63. The Bertz CT molecular complexity index is 503. The number of nitrogens with zero attached hydrogens (tertiary/aromatic N) is 2. The predicted molar refractivity (Wildman–Crippen MR) is 94.3 cm³/mol. The number of anilines is 1. The number of halogens is 1. The molecule has 23 heavy (non-hydrogen) atoms. The van der Waals surface area contributed by atoms with Gasteiger partial charge in [-0.3, -0.25) is 4.90 Å². The summed E-state index contributed by atoms with van der Waals surface area (Å²) in [7, 11) is 0. The summed E-state index contributed by atoms with van der Waals surface area (Å²) < 4.78 is 13.7. The van der Waals surface area contributed by atoms with Crippen LogP contribution in [0.1, 0.15) is 37.7 Å². The Balaban J connectivity index is 1.42. The van der Waals surface area contributed by atoms with Crippen LogP contribution in [0.15, 0.2) is 18.2 Å². The number of hydrogen-bond donors (Lipinski definition) is 1. The molecule has 2 aliphatic rings. The normalized spacial score (nSPS) is 26.5. The zero-order chi connectivity index (χ0) is 16.2. The molecule has 3 nitrogen and oxygen atoms in total. The van der Waals surface area contributed by atoms with E-state index in [1.165, 1.54) is 38.6 Å². The summed E-state index contributed by atoms with van der Waals surface area (Å²) in [5.74, 6) is 0.777. The van der Waals surface area contributed by atoms with Gasteiger partial charge in [0.05, 0.1) is 0 Å². The van der Waals surface area contributed by atoms with Crippen LogP contribution in [0.2, 0.25) is 0 Å². The third-order valence-electron chi connectivity index (χ3n) is 5.64. The molecule has 0 atom stereocenters. The molecule has 0 bridgehead atoms. The molecular formula is C19H30FN3. The molecule has 0 spiro atoms. The first-order valence-electron chi connectivity index (χ1n) is 9.11. The number of benzene rings is 1. The van der Waals surface area contributed by atoms with Crippen molar-refractivity contribution in [2.45, 2.75) is 45.1 Å². The molecule has 0 amide bonds. The van der Waals surface area contributed by atoms with Crippen molar-refractivity contribution in [2.24, 2.45) is 11.7 Å². The van der Waals surface area contributed by atoms with Crippen molar-refractivity contribution in [1.82, 2.24) is 4.90 Å². The van der Waals surface area contributed by atoms with Crippen molar-refractivity contribution >= 4 is 5.69 Å². The first kappa shape index (κ1) is 16.7. The van der Waals surface area contributed by atoms with Crippen LogP contribution in [0.4, 0.5) is 10.1 Å². The van der Waals surface area contributed by atoms with E-state index < -0.39 is 0 Å². The highest BCUT2D eigenvalue weighted by atomic mass is 19.1. The van der Waals surface area contributed by atoms with Gasteiger partial charge < -0.3 is 10.6 Å². The lowest BCUT2D eigenvalue weighted by Gasteiger charge is -2.37. The third kappa shape index (κ3) is 4.45. The summed E-state index contributed by atoms with van der Waals surface area (Å²) in [6.45, 7) is 7.19. The van der Waals surface area contributed by atoms with E-state index in [0.29, 0.717) is 6.04 Å². The summed E-state index contributed by atoms with van der Waals surface area (Å²) >= 11 is 0. The maximum absolute atomic E-state index is 13.7. The fraction of sp³-hybridized carbons (Fsp3) is 0.684. The number of hydrogen-bond acceptors (Lipinski definition) is 3. The van der Waals surface area contributed by atoms with Crippen LogP contribution < -0.4 is 10.6 Å². The smallest absolute Gasteiger partial charge is 0.128 e. The molecule has 128 valence electrons. The van der Waals surface area contributed by atoms with Crippen molar-refractivity contribution in [3.8, 4) is 0 Å². The minimum absolute atomic E-state index is 0.0968. The van der Waals surface area contributed by atoms with Gasteiger partial charge in [0.1, 0.15) is 5.82 Å². The van der Waals surface area contributed by atoms with Gasteiger partial charge in [-0.25, -0.2) is 4.39 Å². The fourth-order valence-corrected chi connectivity index (χ4v) is 3.85. The molecule has 3 rings (SSSR count). The number of aryl methyl sites for hydroxylation is 1. The van der Waals surface area contributed by atoms with E-state index in [2.05, 4.69) is 9.80 Å². The first-order chi connectivity index (χ1) is 11.1. The number of nitrogens with two attached hydrogens (primary N) is 1. The van der Waals surface area contributed by atoms with E-state index in [1.807, 2.05) is 19.1 Å². The Morgan fingerprint density at radius 3 is 2.43 bits per heavy atom. The average molecular weight is 319 g/mol. The van der Waals surface area contributed by atoms with Crippen molar-refractivity contribution in [1.29, 1.82) is 0 Å². The lowest BCUT2D eigenvalue weighted by Crippen LogP contribution is -2.47. The summed E-state index contributed by atoms with van der Waals surface area (Å²) in [4.78, 5) is 4.87. The monoisotopic (exact) mass is 319 g/mol. The van der Waals surface area contributed by atoms with Crippen LogP contribution in [-0.2, 0) is 0 Å². The van der Waals surface area contributed by atoms with Crippen molar-refractivity contribution in [3.05, 3.63) is 29.6 Å². The van der Waals surface area contributed by atoms with Crippen molar-refractivity contribution < 1.29 is 4.39 Å². The van der Waals surface area contributed by atoms with E-state index in [4.69, 9.17) is 5.73 Å². The molecule has 1 aliphatic heterocycles. The lowest BCUT2D eigenvalue weighted by molar-refractivity contribution is 0.217. The molecular weight excluding hydrogens is 289 g/mol. The quantitative estimate of drug-likeness (QED) is 0.925. The minimum atomic E-state index is -0.0968. The molecule has 2 N–H and O–H groups in total. The number of rotatable bonds is 4. The highest BCUT2D eigenvalue weighted by Crippen LogP contribution is 2.26. The van der Waals surface area contributed by atoms with Crippen molar-refractivity contribution in [2.75, 3.05) is 37.6 Å². The Morgan fingerprint density at radius 2 is 1.78 bits per heavy atom. The van der Waals surface area contributed by atoms with Gasteiger partial charge in [0.2, 0.25) is 0 Å². The predicted octanol–water partition coefficient (Wildman–Crippen LogP) is 3.16. The van der Waals surface area contributed by atoms with E-state index in [0.717, 1.165) is 43.3 Å². The summed E-state index contributed by atoms with van der Waals surface area (Å²) in [6, 6.07) is 6.05. The Hall–Kier alpha value is -1.13. The molecule has 1 heterocycles. The van der Waals surface area contributed by atoms with Gasteiger partial charge in [0.15, 0.2) is 0 Å². The zero-order valence-corrected chi connectivity index (χ0v) is 14.3. The highest BCUT2D eigenvalue weighted by molar-refractivity contribution is 5.48. The number of piperazine rings is 1. The minimum Gasteiger partial charge on any atom is -0.369 e. The zero-order valence-electron chi connectivity index (χ0n) is 14.3. The third-order valence-corrected chi connectivity index (χ3v) is 5.64. The van der Waals surface area contributed by atoms with E-state index >= 15 is 0 Å². The average Bonchev–Trinajstić information content (AvgIpc) is 2.57. The molecule has 1 aliphatic carbocycles. The van der Waals surface area contributed by atoms with Gasteiger partial charge in [-0.15, -0.1) is 0 Å². The molecule has 0 unspecified atom stereocenters. The first-order valence-corrected chi connectivity index (χ1v) is 9.11. The molecule has 4 heteroatoms. The Labute approximate surface area is 139 Å². The van der Waals surface area contributed by atoms with Crippen LogP contribution in [0.25, 0.3) is 0 Å².